The highest BCUT2D eigenvalue weighted by Gasteiger charge is 2.77. The first-order valence-corrected chi connectivity index (χ1v) is 15.2. The molecule has 0 aromatic heterocycles. The van der Waals surface area contributed by atoms with Crippen LogP contribution in [-0.2, 0) is 19.1 Å². The zero-order chi connectivity index (χ0) is 30.1. The maximum atomic E-state index is 14.4. The average Bonchev–Trinajstić information content (AvgIpc) is 3.51. The summed E-state index contributed by atoms with van der Waals surface area (Å²) in [6.07, 6.45) is 3.47. The Hall–Kier alpha value is -2.69. The zero-order valence-corrected chi connectivity index (χ0v) is 26.0. The van der Waals surface area contributed by atoms with E-state index in [2.05, 4.69) is 29.1 Å². The van der Waals surface area contributed by atoms with E-state index in [0.29, 0.717) is 37.4 Å². The second-order valence-electron chi connectivity index (χ2n) is 11.8. The minimum Gasteiger partial charge on any atom is -0.494 e. The predicted octanol–water partition coefficient (Wildman–Crippen LogP) is 3.55. The van der Waals surface area contributed by atoms with Crippen molar-refractivity contribution in [2.45, 2.75) is 68.6 Å². The van der Waals surface area contributed by atoms with Crippen LogP contribution >= 0.6 is 15.9 Å². The Balaban J connectivity index is 1.76. The molecule has 1 spiro atoms. The molecule has 10 heteroatoms. The van der Waals surface area contributed by atoms with Crippen molar-refractivity contribution in [2.24, 2.45) is 11.8 Å². The number of carbonyl (C=O) groups excluding carboxylic acids is 3. The molecule has 3 heterocycles. The summed E-state index contributed by atoms with van der Waals surface area (Å²) in [6, 6.07) is 6.32. The Morgan fingerprint density at radius 1 is 1.20 bits per heavy atom. The second kappa shape index (κ2) is 12.3. The molecule has 3 unspecified atom stereocenters. The lowest BCUT2D eigenvalue weighted by molar-refractivity contribution is -0.151. The Morgan fingerprint density at radius 3 is 2.41 bits per heavy atom. The minimum absolute atomic E-state index is 0.129. The lowest BCUT2D eigenvalue weighted by atomic mass is 9.70. The molecule has 3 aliphatic heterocycles. The minimum atomic E-state index is -1.17. The molecule has 4 rings (SSSR count). The number of carbonyl (C=O) groups is 3. The molecule has 3 amide bonds. The van der Waals surface area contributed by atoms with Crippen molar-refractivity contribution in [1.29, 1.82) is 0 Å². The number of nitrogens with zero attached hydrogens (tertiary/aromatic N) is 3. The Labute approximate surface area is 251 Å². The number of anilines is 1. The van der Waals surface area contributed by atoms with Crippen LogP contribution < -0.4 is 9.64 Å². The number of aliphatic hydroxyl groups is 1. The van der Waals surface area contributed by atoms with E-state index in [1.165, 1.54) is 0 Å². The van der Waals surface area contributed by atoms with E-state index in [9.17, 15) is 19.5 Å². The van der Waals surface area contributed by atoms with Crippen molar-refractivity contribution < 1.29 is 29.0 Å². The van der Waals surface area contributed by atoms with E-state index in [0.717, 1.165) is 0 Å². The molecule has 41 heavy (non-hydrogen) atoms. The first kappa shape index (κ1) is 31.3. The van der Waals surface area contributed by atoms with Crippen LogP contribution in [0.3, 0.4) is 0 Å². The fourth-order valence-corrected chi connectivity index (χ4v) is 7.61. The molecule has 6 atom stereocenters. The Morgan fingerprint density at radius 2 is 1.85 bits per heavy atom. The molecule has 3 saturated heterocycles. The van der Waals surface area contributed by atoms with E-state index in [-0.39, 0.29) is 42.2 Å². The zero-order valence-electron chi connectivity index (χ0n) is 24.4. The smallest absolute Gasteiger partial charge is 0.249 e. The third kappa shape index (κ3) is 5.46. The fraction of sp³-hybridized carbons (Fsp3) is 0.581. The monoisotopic (exact) mass is 631 g/mol. The van der Waals surface area contributed by atoms with E-state index >= 15 is 0 Å². The quantitative estimate of drug-likeness (QED) is 0.280. The van der Waals surface area contributed by atoms with Crippen LogP contribution in [0, 0.1) is 11.8 Å². The van der Waals surface area contributed by atoms with Gasteiger partial charge in [0.15, 0.2) is 0 Å². The molecule has 3 aliphatic rings. The third-order valence-electron chi connectivity index (χ3n) is 8.29. The van der Waals surface area contributed by atoms with Gasteiger partial charge in [0.1, 0.15) is 17.4 Å². The number of hydrogen-bond donors (Lipinski definition) is 1. The summed E-state index contributed by atoms with van der Waals surface area (Å²) in [5.74, 6) is -1.72. The molecule has 0 aliphatic carbocycles. The van der Waals surface area contributed by atoms with Crippen LogP contribution in [0.2, 0.25) is 0 Å². The predicted molar refractivity (Wildman–Crippen MR) is 161 cm³/mol. The molecule has 0 saturated carbocycles. The molecule has 0 radical (unpaired) electrons. The third-order valence-corrected chi connectivity index (χ3v) is 9.13. The number of likely N-dealkylation sites (tertiary alicyclic amines) is 1. The van der Waals surface area contributed by atoms with Gasteiger partial charge in [0.25, 0.3) is 0 Å². The van der Waals surface area contributed by atoms with Crippen molar-refractivity contribution in [3.8, 4) is 5.75 Å². The first-order valence-electron chi connectivity index (χ1n) is 14.3. The summed E-state index contributed by atoms with van der Waals surface area (Å²) in [5, 5.41) is 9.62. The summed E-state index contributed by atoms with van der Waals surface area (Å²) in [4.78, 5) is 47.6. The van der Waals surface area contributed by atoms with E-state index in [1.54, 1.807) is 39.0 Å². The van der Waals surface area contributed by atoms with Crippen LogP contribution in [0.15, 0.2) is 49.6 Å². The number of alkyl halides is 1. The normalized spacial score (nSPS) is 28.4. The van der Waals surface area contributed by atoms with Gasteiger partial charge >= 0.3 is 0 Å². The van der Waals surface area contributed by atoms with Crippen molar-refractivity contribution in [1.82, 2.24) is 9.80 Å². The summed E-state index contributed by atoms with van der Waals surface area (Å²) < 4.78 is 12.2. The number of ether oxygens (including phenoxy) is 2. The highest BCUT2D eigenvalue weighted by molar-refractivity contribution is 9.09. The SMILES string of the molecule is C=CCN(C(=O)[C@H]1[C@H]2C(=O)N(CCCO)C(C(=O)N(CC=C)C(C)(C)C)C23CC(Br)[C@@H]1O3)c1ccc(OCC)cc1. The number of rotatable bonds is 12. The van der Waals surface area contributed by atoms with Gasteiger partial charge in [-0.1, -0.05) is 28.1 Å². The molecule has 2 bridgehead atoms. The second-order valence-corrected chi connectivity index (χ2v) is 13.0. The fourth-order valence-electron chi connectivity index (χ4n) is 6.66. The van der Waals surface area contributed by atoms with Crippen molar-refractivity contribution in [3.05, 3.63) is 49.6 Å². The van der Waals surface area contributed by atoms with Gasteiger partial charge in [-0.25, -0.2) is 0 Å². The van der Waals surface area contributed by atoms with Crippen LogP contribution in [0.25, 0.3) is 0 Å². The average molecular weight is 633 g/mol. The van der Waals surface area contributed by atoms with E-state index in [4.69, 9.17) is 9.47 Å². The van der Waals surface area contributed by atoms with Crippen molar-refractivity contribution >= 4 is 39.3 Å². The number of fused-ring (bicyclic) bond motifs is 1. The molecule has 3 fully saturated rings. The largest absolute Gasteiger partial charge is 0.494 e. The van der Waals surface area contributed by atoms with Gasteiger partial charge in [0, 0.05) is 42.3 Å². The van der Waals surface area contributed by atoms with Gasteiger partial charge in [-0.2, -0.15) is 0 Å². The van der Waals surface area contributed by atoms with E-state index in [1.807, 2.05) is 39.8 Å². The summed E-state index contributed by atoms with van der Waals surface area (Å²) in [6.45, 7) is 16.5. The Bertz CT molecular complexity index is 1170. The molecule has 1 aromatic carbocycles. The van der Waals surface area contributed by atoms with Crippen molar-refractivity contribution in [2.75, 3.05) is 37.7 Å². The summed E-state index contributed by atoms with van der Waals surface area (Å²) >= 11 is 3.74. The molecule has 1 N–H and O–H groups in total. The molecule has 9 nitrogen and oxygen atoms in total. The Kier molecular flexibility index (Phi) is 9.35. The van der Waals surface area contributed by atoms with Gasteiger partial charge in [0.05, 0.1) is 24.5 Å². The molecule has 224 valence electrons. The van der Waals surface area contributed by atoms with Gasteiger partial charge in [-0.3, -0.25) is 14.4 Å². The molecular weight excluding hydrogens is 590 g/mol. The number of benzene rings is 1. The number of aliphatic hydroxyl groups excluding tert-OH is 1. The van der Waals surface area contributed by atoms with E-state index < -0.39 is 35.1 Å². The van der Waals surface area contributed by atoms with Crippen LogP contribution in [0.5, 0.6) is 5.75 Å². The van der Waals surface area contributed by atoms with Gasteiger partial charge in [-0.05, 0) is 64.8 Å². The van der Waals surface area contributed by atoms with Gasteiger partial charge in [0.2, 0.25) is 17.7 Å². The van der Waals surface area contributed by atoms with Crippen LogP contribution in [0.4, 0.5) is 5.69 Å². The lowest BCUT2D eigenvalue weighted by Crippen LogP contribution is -2.60. The summed E-state index contributed by atoms with van der Waals surface area (Å²) in [5.41, 5.74) is -1.06. The number of amides is 3. The standard InChI is InChI=1S/C31H42BrN3O6/c1-7-15-33(20-11-13-21(14-12-20)40-9-3)27(37)23-24-28(38)34(17-10-18-36)26(31(24)19-22(32)25(23)41-31)29(39)35(16-8-2)30(4,5)6/h7-8,11-14,22-26,36H,1-2,9-10,15-19H2,3-6H3/t22?,23-,24-,25-,26?,31?/m0/s1. The van der Waals surface area contributed by atoms with Crippen LogP contribution in [-0.4, -0.2) is 93.6 Å². The highest BCUT2D eigenvalue weighted by Crippen LogP contribution is 2.60. The topological polar surface area (TPSA) is 99.6 Å². The lowest BCUT2D eigenvalue weighted by Gasteiger charge is -2.42. The van der Waals surface area contributed by atoms with Gasteiger partial charge in [-0.15, -0.1) is 13.2 Å². The highest BCUT2D eigenvalue weighted by atomic mass is 79.9. The number of halogens is 1. The van der Waals surface area contributed by atoms with Gasteiger partial charge < -0.3 is 29.3 Å². The van der Waals surface area contributed by atoms with Crippen molar-refractivity contribution in [3.63, 3.8) is 0 Å². The number of hydrogen-bond acceptors (Lipinski definition) is 6. The first-order chi connectivity index (χ1) is 19.5. The molecular formula is C31H42BrN3O6. The summed E-state index contributed by atoms with van der Waals surface area (Å²) in [7, 11) is 0. The van der Waals surface area contributed by atoms with Crippen LogP contribution in [0.1, 0.15) is 40.5 Å². The maximum Gasteiger partial charge on any atom is 0.249 e. The maximum absolute atomic E-state index is 14.4. The molecule has 1 aromatic rings.